The summed E-state index contributed by atoms with van der Waals surface area (Å²) in [5.41, 5.74) is 0. The summed E-state index contributed by atoms with van der Waals surface area (Å²) in [6.45, 7) is 1.34. The highest BCUT2D eigenvalue weighted by molar-refractivity contribution is 8.01. The first-order valence-corrected chi connectivity index (χ1v) is 7.88. The summed E-state index contributed by atoms with van der Waals surface area (Å²) in [5.74, 6) is 0.197. The minimum absolute atomic E-state index is 0.149. The van der Waals surface area contributed by atoms with Gasteiger partial charge in [0, 0.05) is 24.9 Å². The number of carbonyl (C=O) groups is 2. The fraction of sp³-hybridized carbons (Fsp3) is 0.846. The predicted molar refractivity (Wildman–Crippen MR) is 71.0 cm³/mol. The Labute approximate surface area is 116 Å². The number of carboxylic acid groups (broad SMARTS) is 1. The number of aliphatic carboxylic acids is 1. The summed E-state index contributed by atoms with van der Waals surface area (Å²) in [7, 11) is 0. The third-order valence-corrected chi connectivity index (χ3v) is 5.88. The normalized spacial score (nSPS) is 36.3. The smallest absolute Gasteiger partial charge is 0.321 e. The summed E-state index contributed by atoms with van der Waals surface area (Å²) in [6, 6.07) is -0.601. The fourth-order valence-corrected chi connectivity index (χ4v) is 4.68. The Balaban J connectivity index is 1.82. The van der Waals surface area contributed by atoms with Gasteiger partial charge in [-0.2, -0.15) is 0 Å². The SMILES string of the molecule is O=C(O)C1CSC(C(=O)C2CC2)(C2CCOCC2)N1. The van der Waals surface area contributed by atoms with Gasteiger partial charge in [-0.05, 0) is 31.6 Å². The molecule has 0 spiro atoms. The van der Waals surface area contributed by atoms with Crippen LogP contribution in [0.2, 0.25) is 0 Å². The maximum atomic E-state index is 12.7. The number of ether oxygens (including phenoxy) is 1. The van der Waals surface area contributed by atoms with Gasteiger partial charge in [-0.25, -0.2) is 0 Å². The van der Waals surface area contributed by atoms with Gasteiger partial charge in [0.25, 0.3) is 0 Å². The van der Waals surface area contributed by atoms with Crippen LogP contribution in [-0.4, -0.2) is 46.7 Å². The lowest BCUT2D eigenvalue weighted by atomic mass is 9.86. The third kappa shape index (κ3) is 2.41. The zero-order chi connectivity index (χ0) is 13.5. The van der Waals surface area contributed by atoms with Crippen LogP contribution in [-0.2, 0) is 14.3 Å². The second kappa shape index (κ2) is 5.07. The average Bonchev–Trinajstić information content (AvgIpc) is 3.17. The molecule has 3 aliphatic rings. The molecular formula is C13H19NO4S. The molecule has 3 rings (SSSR count). The van der Waals surface area contributed by atoms with E-state index in [1.165, 1.54) is 11.8 Å². The van der Waals surface area contributed by atoms with Gasteiger partial charge in [0.1, 0.15) is 10.9 Å². The lowest BCUT2D eigenvalue weighted by Gasteiger charge is -2.38. The van der Waals surface area contributed by atoms with E-state index >= 15 is 0 Å². The lowest BCUT2D eigenvalue weighted by molar-refractivity contribution is -0.139. The number of carboxylic acids is 1. The zero-order valence-electron chi connectivity index (χ0n) is 10.8. The molecule has 1 saturated carbocycles. The first-order valence-electron chi connectivity index (χ1n) is 6.90. The van der Waals surface area contributed by atoms with Crippen molar-refractivity contribution in [1.82, 2.24) is 5.32 Å². The number of carbonyl (C=O) groups excluding carboxylic acids is 1. The lowest BCUT2D eigenvalue weighted by Crippen LogP contribution is -2.56. The van der Waals surface area contributed by atoms with E-state index in [1.807, 2.05) is 0 Å². The van der Waals surface area contributed by atoms with Gasteiger partial charge in [0.05, 0.1) is 0 Å². The van der Waals surface area contributed by atoms with Crippen molar-refractivity contribution < 1.29 is 19.4 Å². The average molecular weight is 285 g/mol. The van der Waals surface area contributed by atoms with Crippen LogP contribution in [0.1, 0.15) is 25.7 Å². The van der Waals surface area contributed by atoms with Gasteiger partial charge in [-0.1, -0.05) is 0 Å². The molecule has 2 heterocycles. The van der Waals surface area contributed by atoms with E-state index in [4.69, 9.17) is 9.84 Å². The minimum Gasteiger partial charge on any atom is -0.480 e. The van der Waals surface area contributed by atoms with E-state index in [-0.39, 0.29) is 17.6 Å². The molecule has 0 aromatic rings. The van der Waals surface area contributed by atoms with Crippen molar-refractivity contribution in [1.29, 1.82) is 0 Å². The largest absolute Gasteiger partial charge is 0.480 e. The van der Waals surface area contributed by atoms with Gasteiger partial charge in [0.2, 0.25) is 0 Å². The van der Waals surface area contributed by atoms with Crippen LogP contribution in [0.4, 0.5) is 0 Å². The number of nitrogens with one attached hydrogen (secondary N) is 1. The van der Waals surface area contributed by atoms with Crippen molar-refractivity contribution in [2.45, 2.75) is 36.6 Å². The Morgan fingerprint density at radius 1 is 1.21 bits per heavy atom. The molecule has 3 fully saturated rings. The molecule has 0 aromatic heterocycles. The number of thioether (sulfide) groups is 1. The molecule has 1 aliphatic carbocycles. The molecule has 106 valence electrons. The third-order valence-electron chi connectivity index (χ3n) is 4.27. The van der Waals surface area contributed by atoms with Crippen molar-refractivity contribution >= 4 is 23.5 Å². The second-order valence-corrected chi connectivity index (χ2v) is 6.87. The number of Topliss-reactive ketones (excluding diaryl/α,β-unsaturated/α-hetero) is 1. The van der Waals surface area contributed by atoms with Crippen molar-refractivity contribution in [2.24, 2.45) is 11.8 Å². The molecular weight excluding hydrogens is 266 g/mol. The molecule has 2 unspecified atom stereocenters. The molecule has 0 bridgehead atoms. The van der Waals surface area contributed by atoms with Crippen molar-refractivity contribution in [3.05, 3.63) is 0 Å². The Bertz CT molecular complexity index is 392. The van der Waals surface area contributed by atoms with Crippen molar-refractivity contribution in [2.75, 3.05) is 19.0 Å². The van der Waals surface area contributed by atoms with Crippen LogP contribution in [0.3, 0.4) is 0 Å². The van der Waals surface area contributed by atoms with Crippen molar-refractivity contribution in [3.8, 4) is 0 Å². The van der Waals surface area contributed by atoms with E-state index in [1.54, 1.807) is 0 Å². The van der Waals surface area contributed by atoms with Crippen LogP contribution in [0.15, 0.2) is 0 Å². The number of hydrogen-bond acceptors (Lipinski definition) is 5. The molecule has 19 heavy (non-hydrogen) atoms. The summed E-state index contributed by atoms with van der Waals surface area (Å²) in [4.78, 5) is 23.2. The molecule has 6 heteroatoms. The molecule has 0 aromatic carbocycles. The topological polar surface area (TPSA) is 75.6 Å². The molecule has 5 nitrogen and oxygen atoms in total. The van der Waals surface area contributed by atoms with Crippen LogP contribution in [0.5, 0.6) is 0 Å². The Hall–Kier alpha value is -0.590. The molecule has 0 amide bonds. The Kier molecular flexibility index (Phi) is 3.57. The van der Waals surface area contributed by atoms with E-state index in [9.17, 15) is 9.59 Å². The van der Waals surface area contributed by atoms with Crippen LogP contribution in [0, 0.1) is 11.8 Å². The first-order chi connectivity index (χ1) is 9.13. The minimum atomic E-state index is -0.856. The van der Waals surface area contributed by atoms with Crippen molar-refractivity contribution in [3.63, 3.8) is 0 Å². The van der Waals surface area contributed by atoms with Crippen LogP contribution in [0.25, 0.3) is 0 Å². The quantitative estimate of drug-likeness (QED) is 0.798. The second-order valence-electron chi connectivity index (χ2n) is 5.61. The van der Waals surface area contributed by atoms with Crippen LogP contribution >= 0.6 is 11.8 Å². The highest BCUT2D eigenvalue weighted by Crippen LogP contribution is 2.47. The fourth-order valence-electron chi connectivity index (χ4n) is 3.02. The summed E-state index contributed by atoms with van der Waals surface area (Å²) < 4.78 is 5.37. The van der Waals surface area contributed by atoms with Crippen LogP contribution < -0.4 is 5.32 Å². The van der Waals surface area contributed by atoms with E-state index in [0.29, 0.717) is 19.0 Å². The van der Waals surface area contributed by atoms with E-state index in [2.05, 4.69) is 5.32 Å². The zero-order valence-corrected chi connectivity index (χ0v) is 11.6. The molecule has 2 atom stereocenters. The highest BCUT2D eigenvalue weighted by Gasteiger charge is 2.55. The van der Waals surface area contributed by atoms with Gasteiger partial charge in [0.15, 0.2) is 5.78 Å². The van der Waals surface area contributed by atoms with Gasteiger partial charge in [-0.15, -0.1) is 11.8 Å². The highest BCUT2D eigenvalue weighted by atomic mass is 32.2. The number of ketones is 1. The molecule has 2 saturated heterocycles. The number of hydrogen-bond donors (Lipinski definition) is 2. The predicted octanol–water partition coefficient (Wildman–Crippen LogP) is 0.878. The summed E-state index contributed by atoms with van der Waals surface area (Å²) >= 11 is 1.51. The molecule has 0 radical (unpaired) electrons. The molecule has 2 N–H and O–H groups in total. The number of rotatable bonds is 4. The monoisotopic (exact) mass is 285 g/mol. The van der Waals surface area contributed by atoms with Gasteiger partial charge in [-0.3, -0.25) is 14.9 Å². The van der Waals surface area contributed by atoms with E-state index in [0.717, 1.165) is 25.7 Å². The summed E-state index contributed by atoms with van der Waals surface area (Å²) in [5, 5.41) is 12.3. The van der Waals surface area contributed by atoms with E-state index < -0.39 is 16.9 Å². The Morgan fingerprint density at radius 3 is 2.42 bits per heavy atom. The Morgan fingerprint density at radius 2 is 1.89 bits per heavy atom. The first kappa shape index (κ1) is 13.4. The maximum Gasteiger partial charge on any atom is 0.321 e. The molecule has 2 aliphatic heterocycles. The maximum absolute atomic E-state index is 12.7. The van der Waals surface area contributed by atoms with Gasteiger partial charge < -0.3 is 9.84 Å². The standard InChI is InChI=1S/C13H19NO4S/c15-11(8-1-2-8)13(9-3-5-18-6-4-9)14-10(7-19-13)12(16)17/h8-10,14H,1-7H2,(H,16,17). The van der Waals surface area contributed by atoms with Gasteiger partial charge >= 0.3 is 5.97 Å². The summed E-state index contributed by atoms with van der Waals surface area (Å²) in [6.07, 6.45) is 3.60.